The molecule has 0 aromatic heterocycles. The molecule has 1 saturated heterocycles. The van der Waals surface area contributed by atoms with Gasteiger partial charge in [0.05, 0.1) is 0 Å². The highest BCUT2D eigenvalue weighted by Gasteiger charge is 2.21. The van der Waals surface area contributed by atoms with Gasteiger partial charge in [-0.05, 0) is 18.2 Å². The van der Waals surface area contributed by atoms with Gasteiger partial charge in [0.2, 0.25) is 0 Å². The molecule has 1 aromatic carbocycles. The van der Waals surface area contributed by atoms with E-state index in [0.29, 0.717) is 16.5 Å². The molecule has 1 amide bonds. The second-order valence-corrected chi connectivity index (χ2v) is 4.66. The lowest BCUT2D eigenvalue weighted by atomic mass is 10.0. The van der Waals surface area contributed by atoms with Gasteiger partial charge in [-0.25, -0.2) is 0 Å². The number of rotatable bonds is 3. The van der Waals surface area contributed by atoms with Crippen molar-refractivity contribution in [3.8, 4) is 0 Å². The van der Waals surface area contributed by atoms with Crippen LogP contribution in [0.2, 0.25) is 5.02 Å². The summed E-state index contributed by atoms with van der Waals surface area (Å²) < 4.78 is 0. The van der Waals surface area contributed by atoms with Crippen LogP contribution < -0.4 is 5.32 Å². The normalized spacial score (nSPS) is 15.6. The van der Waals surface area contributed by atoms with Crippen molar-refractivity contribution >= 4 is 17.5 Å². The molecule has 2 rings (SSSR count). The average Bonchev–Trinajstić information content (AvgIpc) is 2.22. The van der Waals surface area contributed by atoms with Crippen molar-refractivity contribution in [2.24, 2.45) is 5.92 Å². The molecule has 1 N–H and O–H groups in total. The summed E-state index contributed by atoms with van der Waals surface area (Å²) in [5, 5.41) is 3.80. The molecule has 0 radical (unpaired) electrons. The molecule has 1 heterocycles. The van der Waals surface area contributed by atoms with Crippen LogP contribution in [0.5, 0.6) is 0 Å². The van der Waals surface area contributed by atoms with Crippen molar-refractivity contribution in [2.45, 2.75) is 0 Å². The monoisotopic (exact) mass is 238 g/mol. The van der Waals surface area contributed by atoms with Gasteiger partial charge in [0.1, 0.15) is 0 Å². The van der Waals surface area contributed by atoms with Gasteiger partial charge in [0.15, 0.2) is 0 Å². The van der Waals surface area contributed by atoms with Crippen molar-refractivity contribution in [3.63, 3.8) is 0 Å². The maximum atomic E-state index is 12.0. The van der Waals surface area contributed by atoms with E-state index < -0.39 is 0 Å². The zero-order valence-electron chi connectivity index (χ0n) is 9.24. The number of carbonyl (C=O) groups excluding carboxylic acids is 1. The van der Waals surface area contributed by atoms with Crippen molar-refractivity contribution in [1.29, 1.82) is 0 Å². The molecule has 16 heavy (non-hydrogen) atoms. The first kappa shape index (κ1) is 11.4. The van der Waals surface area contributed by atoms with Gasteiger partial charge in [-0.1, -0.05) is 17.7 Å². The fraction of sp³-hybridized carbons (Fsp3) is 0.417. The molecule has 86 valence electrons. The standard InChI is InChI=1S/C12H15ClN2O/c1-15(8-9-6-14-7-9)12(16)10-3-2-4-11(13)5-10/h2-5,9,14H,6-8H2,1H3. The minimum Gasteiger partial charge on any atom is -0.341 e. The van der Waals surface area contributed by atoms with Crippen LogP contribution >= 0.6 is 11.6 Å². The molecule has 1 aromatic rings. The summed E-state index contributed by atoms with van der Waals surface area (Å²) in [4.78, 5) is 13.8. The third kappa shape index (κ3) is 2.54. The summed E-state index contributed by atoms with van der Waals surface area (Å²) in [5.74, 6) is 0.627. The number of amides is 1. The highest BCUT2D eigenvalue weighted by molar-refractivity contribution is 6.30. The Bertz CT molecular complexity index is 390. The Balaban J connectivity index is 2.00. The summed E-state index contributed by atoms with van der Waals surface area (Å²) in [5.41, 5.74) is 0.655. The fourth-order valence-corrected chi connectivity index (χ4v) is 1.98. The molecule has 1 aliphatic heterocycles. The largest absolute Gasteiger partial charge is 0.341 e. The van der Waals surface area contributed by atoms with Crippen molar-refractivity contribution in [2.75, 3.05) is 26.7 Å². The van der Waals surface area contributed by atoms with E-state index >= 15 is 0 Å². The topological polar surface area (TPSA) is 32.3 Å². The van der Waals surface area contributed by atoms with Gasteiger partial charge in [-0.3, -0.25) is 4.79 Å². The van der Waals surface area contributed by atoms with Crippen LogP contribution in [-0.2, 0) is 0 Å². The zero-order valence-corrected chi connectivity index (χ0v) is 10.00. The van der Waals surface area contributed by atoms with Crippen LogP contribution in [0, 0.1) is 5.92 Å². The summed E-state index contributed by atoms with van der Waals surface area (Å²) in [6, 6.07) is 7.08. The number of nitrogens with one attached hydrogen (secondary N) is 1. The molecule has 0 atom stereocenters. The van der Waals surface area contributed by atoms with E-state index in [0.717, 1.165) is 19.6 Å². The molecule has 4 heteroatoms. The summed E-state index contributed by atoms with van der Waals surface area (Å²) in [7, 11) is 1.83. The molecule has 0 saturated carbocycles. The van der Waals surface area contributed by atoms with E-state index in [1.54, 1.807) is 29.2 Å². The lowest BCUT2D eigenvalue weighted by molar-refractivity contribution is 0.0756. The minimum atomic E-state index is 0.0365. The van der Waals surface area contributed by atoms with Crippen molar-refractivity contribution in [3.05, 3.63) is 34.9 Å². The highest BCUT2D eigenvalue weighted by atomic mass is 35.5. The first-order chi connectivity index (χ1) is 7.66. The van der Waals surface area contributed by atoms with E-state index in [2.05, 4.69) is 5.32 Å². The molecule has 1 aliphatic rings. The minimum absolute atomic E-state index is 0.0365. The van der Waals surface area contributed by atoms with Gasteiger partial charge < -0.3 is 10.2 Å². The van der Waals surface area contributed by atoms with Crippen LogP contribution in [0.3, 0.4) is 0 Å². The third-order valence-corrected chi connectivity index (χ3v) is 3.05. The average molecular weight is 239 g/mol. The second-order valence-electron chi connectivity index (χ2n) is 4.22. The van der Waals surface area contributed by atoms with E-state index in [4.69, 9.17) is 11.6 Å². The van der Waals surface area contributed by atoms with Crippen LogP contribution in [-0.4, -0.2) is 37.5 Å². The predicted octanol–water partition coefficient (Wildman–Crippen LogP) is 1.63. The third-order valence-electron chi connectivity index (χ3n) is 2.82. The first-order valence-electron chi connectivity index (χ1n) is 5.38. The van der Waals surface area contributed by atoms with Crippen LogP contribution in [0.4, 0.5) is 0 Å². The zero-order chi connectivity index (χ0) is 11.5. The molecule has 0 aliphatic carbocycles. The number of benzene rings is 1. The summed E-state index contributed by atoms with van der Waals surface area (Å²) >= 11 is 5.86. The van der Waals surface area contributed by atoms with Gasteiger partial charge in [0, 0.05) is 43.2 Å². The first-order valence-corrected chi connectivity index (χ1v) is 5.76. The molecule has 0 spiro atoms. The number of hydrogen-bond donors (Lipinski definition) is 1. The van der Waals surface area contributed by atoms with Crippen molar-refractivity contribution in [1.82, 2.24) is 10.2 Å². The van der Waals surface area contributed by atoms with E-state index in [-0.39, 0.29) is 5.91 Å². The Kier molecular flexibility index (Phi) is 3.46. The molecular formula is C12H15ClN2O. The van der Waals surface area contributed by atoms with Gasteiger partial charge >= 0.3 is 0 Å². The Morgan fingerprint density at radius 2 is 2.31 bits per heavy atom. The highest BCUT2D eigenvalue weighted by Crippen LogP contribution is 2.13. The second kappa shape index (κ2) is 4.85. The SMILES string of the molecule is CN(CC1CNC1)C(=O)c1cccc(Cl)c1. The number of nitrogens with zero attached hydrogens (tertiary/aromatic N) is 1. The molecule has 3 nitrogen and oxygen atoms in total. The number of carbonyl (C=O) groups is 1. The lowest BCUT2D eigenvalue weighted by Crippen LogP contribution is -2.48. The Morgan fingerprint density at radius 1 is 1.56 bits per heavy atom. The summed E-state index contributed by atoms with van der Waals surface area (Å²) in [6.45, 7) is 2.82. The number of hydrogen-bond acceptors (Lipinski definition) is 2. The maximum absolute atomic E-state index is 12.0. The molecule has 1 fully saturated rings. The number of halogens is 1. The smallest absolute Gasteiger partial charge is 0.253 e. The molecule has 0 unspecified atom stereocenters. The van der Waals surface area contributed by atoms with Gasteiger partial charge in [0.25, 0.3) is 5.91 Å². The van der Waals surface area contributed by atoms with E-state index in [1.807, 2.05) is 7.05 Å². The van der Waals surface area contributed by atoms with E-state index in [1.165, 1.54) is 0 Å². The van der Waals surface area contributed by atoms with Crippen molar-refractivity contribution < 1.29 is 4.79 Å². The van der Waals surface area contributed by atoms with Crippen LogP contribution in [0.1, 0.15) is 10.4 Å². The molecule has 0 bridgehead atoms. The van der Waals surface area contributed by atoms with Crippen LogP contribution in [0.15, 0.2) is 24.3 Å². The Labute approximate surface area is 100 Å². The lowest BCUT2D eigenvalue weighted by Gasteiger charge is -2.31. The Hall–Kier alpha value is -1.06. The maximum Gasteiger partial charge on any atom is 0.253 e. The fourth-order valence-electron chi connectivity index (χ4n) is 1.79. The van der Waals surface area contributed by atoms with E-state index in [9.17, 15) is 4.79 Å². The van der Waals surface area contributed by atoms with Crippen LogP contribution in [0.25, 0.3) is 0 Å². The predicted molar refractivity (Wildman–Crippen MR) is 64.8 cm³/mol. The molecular weight excluding hydrogens is 224 g/mol. The Morgan fingerprint density at radius 3 is 2.88 bits per heavy atom. The quantitative estimate of drug-likeness (QED) is 0.868. The van der Waals surface area contributed by atoms with Gasteiger partial charge in [-0.15, -0.1) is 0 Å². The summed E-state index contributed by atoms with van der Waals surface area (Å²) in [6.07, 6.45) is 0. The van der Waals surface area contributed by atoms with Gasteiger partial charge in [-0.2, -0.15) is 0 Å².